The molecule has 4 rings (SSSR count). The topological polar surface area (TPSA) is 102 Å². The van der Waals surface area contributed by atoms with Crippen LogP contribution in [0.4, 0.5) is 5.82 Å². The maximum absolute atomic E-state index is 12.2. The largest absolute Gasteiger partial charge is 0.473 e. The van der Waals surface area contributed by atoms with Gasteiger partial charge in [0.1, 0.15) is 12.1 Å². The van der Waals surface area contributed by atoms with Crippen molar-refractivity contribution >= 4 is 34.0 Å². The van der Waals surface area contributed by atoms with Crippen LogP contribution in [0.25, 0.3) is 21.5 Å². The number of ether oxygens (including phenoxy) is 1. The quantitative estimate of drug-likeness (QED) is 0.457. The highest BCUT2D eigenvalue weighted by atomic mass is 32.1. The molecule has 2 N–H and O–H groups in total. The molecule has 0 bridgehead atoms. The van der Waals surface area contributed by atoms with Crippen LogP contribution in [0, 0.1) is 0 Å². The van der Waals surface area contributed by atoms with Gasteiger partial charge in [0.15, 0.2) is 0 Å². The number of para-hydroxylation sites is 1. The van der Waals surface area contributed by atoms with Crippen LogP contribution in [-0.2, 0) is 0 Å². The summed E-state index contributed by atoms with van der Waals surface area (Å²) >= 11 is 1.43. The molecular weight excluding hydrogens is 412 g/mol. The third kappa shape index (κ3) is 4.31. The number of rotatable bonds is 7. The van der Waals surface area contributed by atoms with Gasteiger partial charge < -0.3 is 15.4 Å². The highest BCUT2D eigenvalue weighted by Gasteiger charge is 2.15. The van der Waals surface area contributed by atoms with Crippen LogP contribution in [0.2, 0.25) is 0 Å². The van der Waals surface area contributed by atoms with Crippen LogP contribution in [-0.4, -0.2) is 46.5 Å². The van der Waals surface area contributed by atoms with E-state index in [2.05, 4.69) is 37.5 Å². The molecule has 158 valence electrons. The zero-order chi connectivity index (χ0) is 21.8. The summed E-state index contributed by atoms with van der Waals surface area (Å²) in [6.07, 6.45) is 4.95. The zero-order valence-electron chi connectivity index (χ0n) is 17.4. The molecule has 0 aliphatic heterocycles. The Balaban J connectivity index is 1.54. The molecule has 31 heavy (non-hydrogen) atoms. The van der Waals surface area contributed by atoms with E-state index in [-0.39, 0.29) is 11.8 Å². The second kappa shape index (κ2) is 9.05. The molecule has 0 aliphatic carbocycles. The third-order valence-electron chi connectivity index (χ3n) is 4.97. The van der Waals surface area contributed by atoms with Crippen molar-refractivity contribution in [1.29, 1.82) is 0 Å². The number of pyridine rings is 1. The number of anilines is 1. The molecule has 0 radical (unpaired) electrons. The van der Waals surface area contributed by atoms with E-state index in [1.165, 1.54) is 17.7 Å². The van der Waals surface area contributed by atoms with Crippen LogP contribution in [0.3, 0.4) is 0 Å². The van der Waals surface area contributed by atoms with Gasteiger partial charge in [-0.1, -0.05) is 36.5 Å². The van der Waals surface area contributed by atoms with Gasteiger partial charge in [0, 0.05) is 37.2 Å². The summed E-state index contributed by atoms with van der Waals surface area (Å²) in [5, 5.41) is 7.51. The number of thiazole rings is 1. The zero-order valence-corrected chi connectivity index (χ0v) is 18.2. The van der Waals surface area contributed by atoms with E-state index >= 15 is 0 Å². The number of fused-ring (bicyclic) bond motifs is 1. The van der Waals surface area contributed by atoms with Gasteiger partial charge >= 0.3 is 0 Å². The predicted octanol–water partition coefficient (Wildman–Crippen LogP) is 3.73. The Morgan fingerprint density at radius 3 is 2.84 bits per heavy atom. The van der Waals surface area contributed by atoms with Crippen molar-refractivity contribution in [3.8, 4) is 15.8 Å². The molecule has 1 amide bonds. The van der Waals surface area contributed by atoms with Crippen LogP contribution in [0.5, 0.6) is 5.19 Å². The molecule has 9 heteroatoms. The number of nitrogens with one attached hydrogen (secondary N) is 2. The molecule has 0 saturated heterocycles. The van der Waals surface area contributed by atoms with Crippen LogP contribution < -0.4 is 15.4 Å². The van der Waals surface area contributed by atoms with E-state index in [9.17, 15) is 4.79 Å². The lowest BCUT2D eigenvalue weighted by Crippen LogP contribution is -2.18. The Kier molecular flexibility index (Phi) is 6.03. The van der Waals surface area contributed by atoms with Gasteiger partial charge in [0.05, 0.1) is 35.0 Å². The van der Waals surface area contributed by atoms with Gasteiger partial charge in [-0.15, -0.1) is 0 Å². The molecule has 0 aliphatic rings. The number of hydrogen-bond acceptors (Lipinski definition) is 8. The summed E-state index contributed by atoms with van der Waals surface area (Å²) in [6, 6.07) is 9.57. The van der Waals surface area contributed by atoms with Crippen molar-refractivity contribution in [2.45, 2.75) is 12.8 Å². The lowest BCUT2D eigenvalue weighted by Gasteiger charge is -2.16. The lowest BCUT2D eigenvalue weighted by molar-refractivity contribution is 0.0964. The second-order valence-electron chi connectivity index (χ2n) is 6.95. The number of carbonyl (C=O) groups excluding carboxylic acids is 1. The molecule has 0 saturated carbocycles. The minimum atomic E-state index is -0.122. The summed E-state index contributed by atoms with van der Waals surface area (Å²) < 4.78 is 5.16. The Hall–Kier alpha value is -3.59. The number of methoxy groups -OCH3 is 1. The molecule has 3 aromatic heterocycles. The number of amides is 1. The number of aromatic nitrogens is 4. The van der Waals surface area contributed by atoms with Crippen LogP contribution >= 0.6 is 11.3 Å². The van der Waals surface area contributed by atoms with Crippen molar-refractivity contribution in [3.63, 3.8) is 0 Å². The highest BCUT2D eigenvalue weighted by molar-refractivity contribution is 7.16. The smallest absolute Gasteiger partial charge is 0.273 e. The number of benzene rings is 1. The molecule has 1 atom stereocenters. The van der Waals surface area contributed by atoms with Crippen LogP contribution in [0.15, 0.2) is 49.1 Å². The molecule has 0 unspecified atom stereocenters. The predicted molar refractivity (Wildman–Crippen MR) is 122 cm³/mol. The van der Waals surface area contributed by atoms with Crippen molar-refractivity contribution in [1.82, 2.24) is 25.3 Å². The Bertz CT molecular complexity index is 1230. The maximum Gasteiger partial charge on any atom is 0.273 e. The van der Waals surface area contributed by atoms with Crippen molar-refractivity contribution in [3.05, 3.63) is 60.2 Å². The van der Waals surface area contributed by atoms with Gasteiger partial charge in [-0.3, -0.25) is 9.78 Å². The first-order valence-corrected chi connectivity index (χ1v) is 10.6. The second-order valence-corrected chi connectivity index (χ2v) is 7.94. The normalized spacial score (nSPS) is 11.8. The van der Waals surface area contributed by atoms with E-state index in [0.717, 1.165) is 32.9 Å². The number of carbonyl (C=O) groups is 1. The van der Waals surface area contributed by atoms with Gasteiger partial charge in [-0.05, 0) is 11.6 Å². The third-order valence-corrected chi connectivity index (χ3v) is 5.95. The van der Waals surface area contributed by atoms with E-state index in [0.29, 0.717) is 17.3 Å². The van der Waals surface area contributed by atoms with E-state index in [1.54, 1.807) is 32.6 Å². The summed E-state index contributed by atoms with van der Waals surface area (Å²) in [7, 11) is 3.22. The Morgan fingerprint density at radius 2 is 2.06 bits per heavy atom. The summed E-state index contributed by atoms with van der Waals surface area (Å²) in [4.78, 5) is 30.5. The fraction of sp³-hybridized carbons (Fsp3) is 0.227. The monoisotopic (exact) mass is 434 g/mol. The van der Waals surface area contributed by atoms with Gasteiger partial charge in [0.25, 0.3) is 11.1 Å². The fourth-order valence-corrected chi connectivity index (χ4v) is 4.05. The van der Waals surface area contributed by atoms with Crippen molar-refractivity contribution in [2.75, 3.05) is 26.0 Å². The molecule has 0 fully saturated rings. The maximum atomic E-state index is 12.2. The molecule has 1 aromatic carbocycles. The molecule has 3 heterocycles. The summed E-state index contributed by atoms with van der Waals surface area (Å²) in [5.74, 6) is 0.741. The first-order valence-electron chi connectivity index (χ1n) is 9.76. The molecular formula is C22H22N6O2S. The Morgan fingerprint density at radius 1 is 1.19 bits per heavy atom. The SMILES string of the molecule is CNC(=O)c1ccnc2c([C@H](C)CNc3cc(-c4cnc(OC)s4)ncn3)cccc12. The standard InChI is InChI=1S/C22H22N6O2S/c1-13(14-5-4-6-15-16(21(29)23-2)7-8-24-20(14)15)10-25-19-9-17(27-12-28-19)18-11-26-22(30-3)31-18/h4-9,11-13H,10H2,1-3H3,(H,23,29)(H,25,27,28)/t13-/m1/s1. The van der Waals surface area contributed by atoms with Crippen molar-refractivity contribution in [2.24, 2.45) is 0 Å². The number of hydrogen-bond donors (Lipinski definition) is 2. The first-order chi connectivity index (χ1) is 15.1. The van der Waals surface area contributed by atoms with Gasteiger partial charge in [-0.2, -0.15) is 0 Å². The van der Waals surface area contributed by atoms with Gasteiger partial charge in [-0.25, -0.2) is 15.0 Å². The van der Waals surface area contributed by atoms with E-state index in [1.807, 2.05) is 24.3 Å². The summed E-state index contributed by atoms with van der Waals surface area (Å²) in [6.45, 7) is 2.76. The lowest BCUT2D eigenvalue weighted by atomic mass is 9.96. The first kappa shape index (κ1) is 20.7. The molecule has 4 aromatic rings. The summed E-state index contributed by atoms with van der Waals surface area (Å²) in [5.41, 5.74) is 3.30. The van der Waals surface area contributed by atoms with Gasteiger partial charge in [0.2, 0.25) is 0 Å². The number of nitrogens with zero attached hydrogens (tertiary/aromatic N) is 4. The average Bonchev–Trinajstić information content (AvgIpc) is 3.31. The Labute approximate surface area is 183 Å². The average molecular weight is 435 g/mol. The van der Waals surface area contributed by atoms with Crippen molar-refractivity contribution < 1.29 is 9.53 Å². The molecule has 8 nitrogen and oxygen atoms in total. The van der Waals surface area contributed by atoms with Crippen LogP contribution in [0.1, 0.15) is 28.8 Å². The highest BCUT2D eigenvalue weighted by Crippen LogP contribution is 2.30. The fourth-order valence-electron chi connectivity index (χ4n) is 3.36. The van der Waals surface area contributed by atoms with E-state index < -0.39 is 0 Å². The van der Waals surface area contributed by atoms with E-state index in [4.69, 9.17) is 4.74 Å². The minimum absolute atomic E-state index is 0.122. The minimum Gasteiger partial charge on any atom is -0.473 e. The molecule has 0 spiro atoms.